The van der Waals surface area contributed by atoms with Crippen molar-refractivity contribution in [1.82, 2.24) is 9.97 Å². The fraction of sp³-hybridized carbons (Fsp3) is 0.733. The summed E-state index contributed by atoms with van der Waals surface area (Å²) in [6, 6.07) is 0. The normalized spacial score (nSPS) is 18.1. The van der Waals surface area contributed by atoms with Gasteiger partial charge in [-0.3, -0.25) is 0 Å². The molecule has 2 heterocycles. The largest absolute Gasteiger partial charge is 0.405 e. The Kier molecular flexibility index (Phi) is 7.88. The molecule has 1 aliphatic rings. The van der Waals surface area contributed by atoms with E-state index >= 15 is 0 Å². The highest BCUT2D eigenvalue weighted by atomic mass is 79.9. The molecule has 132 valence electrons. The highest BCUT2D eigenvalue weighted by Gasteiger charge is 2.41. The molecule has 0 aromatic carbocycles. The van der Waals surface area contributed by atoms with E-state index in [0.29, 0.717) is 13.2 Å². The third kappa shape index (κ3) is 8.74. The quantitative estimate of drug-likeness (QED) is 0.482. The summed E-state index contributed by atoms with van der Waals surface area (Å²) in [5.41, 5.74) is -0.358. The highest BCUT2D eigenvalue weighted by molar-refractivity contribution is 9.10. The first-order chi connectivity index (χ1) is 10.4. The molecular formula is C15H28BrClN2O2Si2. The van der Waals surface area contributed by atoms with Crippen LogP contribution in [0.5, 0.6) is 0 Å². The van der Waals surface area contributed by atoms with Crippen LogP contribution in [-0.2, 0) is 14.8 Å². The van der Waals surface area contributed by atoms with E-state index in [1.807, 2.05) is 0 Å². The van der Waals surface area contributed by atoms with Crippen molar-refractivity contribution in [3.63, 3.8) is 0 Å². The van der Waals surface area contributed by atoms with E-state index in [1.54, 1.807) is 12.4 Å². The summed E-state index contributed by atoms with van der Waals surface area (Å²) in [6.45, 7) is 14.3. The maximum Gasteiger partial charge on any atom is 0.185 e. The van der Waals surface area contributed by atoms with Crippen LogP contribution in [0.4, 0.5) is 0 Å². The second-order valence-electron chi connectivity index (χ2n) is 7.61. The van der Waals surface area contributed by atoms with Gasteiger partial charge in [0.25, 0.3) is 0 Å². The molecule has 0 bridgehead atoms. The predicted octanol–water partition coefficient (Wildman–Crippen LogP) is 5.16. The maximum absolute atomic E-state index is 6.41. The standard InChI is InChI=1S/C12H19BrN2O2Si.C3H9ClSi/c1-18(2,3)17-12(4-6-16-7-5-12)11-14-8-10(13)9-15-11;1-5(2,3)4/h8-9H,4-7H2,1-3H3;1-3H3. The van der Waals surface area contributed by atoms with E-state index in [2.05, 4.69) is 65.2 Å². The molecule has 1 aromatic rings. The lowest BCUT2D eigenvalue weighted by molar-refractivity contribution is -0.0605. The van der Waals surface area contributed by atoms with Gasteiger partial charge < -0.3 is 9.16 Å². The SMILES string of the molecule is C[Si](C)(C)Cl.C[Si](C)(C)OC1(c2ncc(Br)cn2)CCOCC1. The predicted molar refractivity (Wildman–Crippen MR) is 105 cm³/mol. The fourth-order valence-corrected chi connectivity index (χ4v) is 3.88. The van der Waals surface area contributed by atoms with E-state index in [4.69, 9.17) is 20.2 Å². The summed E-state index contributed by atoms with van der Waals surface area (Å²) < 4.78 is 12.8. The van der Waals surface area contributed by atoms with Crippen molar-refractivity contribution < 1.29 is 9.16 Å². The second-order valence-corrected chi connectivity index (χ2v) is 20.5. The number of hydrogen-bond donors (Lipinski definition) is 0. The average Bonchev–Trinajstić information content (AvgIpc) is 2.36. The summed E-state index contributed by atoms with van der Waals surface area (Å²) in [4.78, 5) is 8.88. The van der Waals surface area contributed by atoms with Gasteiger partial charge in [-0.25, -0.2) is 9.97 Å². The van der Waals surface area contributed by atoms with Gasteiger partial charge in [0.2, 0.25) is 0 Å². The van der Waals surface area contributed by atoms with Crippen molar-refractivity contribution in [2.24, 2.45) is 0 Å². The van der Waals surface area contributed by atoms with Crippen LogP contribution in [0.25, 0.3) is 0 Å². The summed E-state index contributed by atoms with van der Waals surface area (Å²) >= 11 is 9.04. The third-order valence-corrected chi connectivity index (χ3v) is 4.24. The molecule has 0 unspecified atom stereocenters. The van der Waals surface area contributed by atoms with Gasteiger partial charge >= 0.3 is 0 Å². The van der Waals surface area contributed by atoms with E-state index < -0.39 is 15.7 Å². The Labute approximate surface area is 155 Å². The zero-order valence-corrected chi connectivity index (χ0v) is 19.3. The van der Waals surface area contributed by atoms with Gasteiger partial charge in [-0.15, -0.1) is 0 Å². The molecule has 1 aliphatic heterocycles. The molecule has 8 heteroatoms. The summed E-state index contributed by atoms with van der Waals surface area (Å²) in [5.74, 6) is 0.788. The second kappa shape index (κ2) is 8.53. The lowest BCUT2D eigenvalue weighted by Crippen LogP contribution is -2.45. The molecule has 0 amide bonds. The van der Waals surface area contributed by atoms with Gasteiger partial charge in [0.05, 0.1) is 4.47 Å². The van der Waals surface area contributed by atoms with Crippen LogP contribution in [0.3, 0.4) is 0 Å². The first kappa shape index (κ1) is 21.2. The molecule has 23 heavy (non-hydrogen) atoms. The topological polar surface area (TPSA) is 44.2 Å². The van der Waals surface area contributed by atoms with Gasteiger partial charge in [-0.1, -0.05) is 19.6 Å². The minimum Gasteiger partial charge on any atom is -0.405 e. The zero-order valence-electron chi connectivity index (χ0n) is 14.9. The van der Waals surface area contributed by atoms with E-state index in [9.17, 15) is 0 Å². The van der Waals surface area contributed by atoms with Crippen molar-refractivity contribution in [1.29, 1.82) is 0 Å². The smallest absolute Gasteiger partial charge is 0.185 e. The maximum atomic E-state index is 6.41. The van der Waals surface area contributed by atoms with Crippen LogP contribution in [0.1, 0.15) is 18.7 Å². The lowest BCUT2D eigenvalue weighted by atomic mass is 9.93. The Hall–Kier alpha value is 0.204. The van der Waals surface area contributed by atoms with Crippen LogP contribution in [0.2, 0.25) is 39.3 Å². The summed E-state index contributed by atoms with van der Waals surface area (Å²) in [5, 5.41) is 0. The summed E-state index contributed by atoms with van der Waals surface area (Å²) in [7, 11) is -2.80. The molecule has 2 rings (SSSR count). The van der Waals surface area contributed by atoms with Crippen molar-refractivity contribution in [2.75, 3.05) is 13.2 Å². The van der Waals surface area contributed by atoms with Crippen LogP contribution >= 0.6 is 27.0 Å². The minimum absolute atomic E-state index is 0.358. The molecule has 1 saturated heterocycles. The summed E-state index contributed by atoms with van der Waals surface area (Å²) in [6.07, 6.45) is 5.23. The van der Waals surface area contributed by atoms with E-state index in [-0.39, 0.29) is 5.60 Å². The van der Waals surface area contributed by atoms with Crippen LogP contribution < -0.4 is 0 Å². The molecule has 0 saturated carbocycles. The van der Waals surface area contributed by atoms with Gasteiger partial charge in [-0.2, -0.15) is 11.1 Å². The monoisotopic (exact) mass is 438 g/mol. The molecule has 0 spiro atoms. The van der Waals surface area contributed by atoms with Crippen molar-refractivity contribution in [2.45, 2.75) is 57.7 Å². The number of hydrogen-bond acceptors (Lipinski definition) is 4. The number of halogens is 2. The van der Waals surface area contributed by atoms with Crippen molar-refractivity contribution in [3.8, 4) is 0 Å². The fourth-order valence-electron chi connectivity index (χ4n) is 2.21. The first-order valence-corrected chi connectivity index (χ1v) is 16.6. The van der Waals surface area contributed by atoms with Crippen LogP contribution in [0.15, 0.2) is 16.9 Å². The van der Waals surface area contributed by atoms with Gasteiger partial charge in [-0.05, 0) is 35.6 Å². The van der Waals surface area contributed by atoms with E-state index in [1.165, 1.54) is 0 Å². The Morgan fingerprint density at radius 1 is 1.09 bits per heavy atom. The Balaban J connectivity index is 0.000000463. The lowest BCUT2D eigenvalue weighted by Gasteiger charge is -2.40. The Bertz CT molecular complexity index is 478. The van der Waals surface area contributed by atoms with Crippen LogP contribution in [0, 0.1) is 0 Å². The number of ether oxygens (including phenoxy) is 1. The third-order valence-electron chi connectivity index (χ3n) is 2.83. The van der Waals surface area contributed by atoms with Gasteiger partial charge in [0.1, 0.15) is 13.0 Å². The molecule has 0 aliphatic carbocycles. The molecular weight excluding hydrogens is 412 g/mol. The number of rotatable bonds is 3. The number of nitrogens with zero attached hydrogens (tertiary/aromatic N) is 2. The highest BCUT2D eigenvalue weighted by Crippen LogP contribution is 2.36. The Morgan fingerprint density at radius 2 is 1.52 bits per heavy atom. The van der Waals surface area contributed by atoms with Gasteiger partial charge in [0, 0.05) is 38.4 Å². The molecule has 0 radical (unpaired) electrons. The Morgan fingerprint density at radius 3 is 1.91 bits per heavy atom. The average molecular weight is 440 g/mol. The molecule has 1 fully saturated rings. The van der Waals surface area contributed by atoms with E-state index in [0.717, 1.165) is 23.1 Å². The van der Waals surface area contributed by atoms with Crippen molar-refractivity contribution >= 4 is 42.7 Å². The first-order valence-electron chi connectivity index (χ1n) is 7.86. The number of aromatic nitrogens is 2. The zero-order chi connectivity index (χ0) is 17.7. The molecule has 0 atom stereocenters. The molecule has 4 nitrogen and oxygen atoms in total. The van der Waals surface area contributed by atoms with Crippen LogP contribution in [-0.4, -0.2) is 38.9 Å². The minimum atomic E-state index is -1.66. The van der Waals surface area contributed by atoms with Crippen molar-refractivity contribution in [3.05, 3.63) is 22.7 Å². The van der Waals surface area contributed by atoms with Gasteiger partial charge in [0.15, 0.2) is 14.1 Å². The molecule has 1 aromatic heterocycles. The molecule has 0 N–H and O–H groups in total.